The largest absolute Gasteiger partial charge is 0.389 e. The van der Waals surface area contributed by atoms with Gasteiger partial charge < -0.3 is 14.7 Å². The summed E-state index contributed by atoms with van der Waals surface area (Å²) >= 11 is 0. The van der Waals surface area contributed by atoms with Crippen molar-refractivity contribution in [2.24, 2.45) is 0 Å². The van der Waals surface area contributed by atoms with E-state index in [2.05, 4.69) is 29.2 Å². The number of aryl methyl sites for hydroxylation is 1. The Balaban J connectivity index is 1.52. The highest BCUT2D eigenvalue weighted by Gasteiger charge is 2.33. The number of amides is 1. The summed E-state index contributed by atoms with van der Waals surface area (Å²) in [6.45, 7) is 1.69. The number of benzene rings is 1. The van der Waals surface area contributed by atoms with Crippen LogP contribution in [0.3, 0.4) is 0 Å². The number of hydrogen-bond acceptors (Lipinski definition) is 4. The maximum absolute atomic E-state index is 12.3. The van der Waals surface area contributed by atoms with Crippen LogP contribution in [0.25, 0.3) is 0 Å². The van der Waals surface area contributed by atoms with Crippen LogP contribution >= 0.6 is 0 Å². The molecule has 1 aliphatic carbocycles. The lowest BCUT2D eigenvalue weighted by atomic mass is 9.89. The molecule has 138 valence electrons. The third-order valence-corrected chi connectivity index (χ3v) is 5.34. The van der Waals surface area contributed by atoms with Crippen LogP contribution in [0.1, 0.15) is 42.9 Å². The van der Waals surface area contributed by atoms with Gasteiger partial charge in [0.2, 0.25) is 5.91 Å². The average molecular weight is 346 g/mol. The standard InChI is InChI=1S/C20H30N2O3/c1-21(2)20(24)18-10-6-12-22(18)13-16(23)14-25-19-11-5-8-15-7-3-4-9-17(15)19/h3-4,7,9,16,18-19,23H,5-6,8,10-14H2,1-2H3. The van der Waals surface area contributed by atoms with Crippen LogP contribution in [-0.2, 0) is 16.0 Å². The number of likely N-dealkylation sites (N-methyl/N-ethyl adjacent to an activating group) is 1. The van der Waals surface area contributed by atoms with Gasteiger partial charge in [0, 0.05) is 20.6 Å². The lowest BCUT2D eigenvalue weighted by molar-refractivity contribution is -0.134. The smallest absolute Gasteiger partial charge is 0.239 e. The van der Waals surface area contributed by atoms with E-state index in [0.29, 0.717) is 13.2 Å². The van der Waals surface area contributed by atoms with E-state index < -0.39 is 6.10 Å². The van der Waals surface area contributed by atoms with Crippen molar-refractivity contribution in [3.05, 3.63) is 35.4 Å². The maximum Gasteiger partial charge on any atom is 0.239 e. The van der Waals surface area contributed by atoms with Crippen LogP contribution in [0.2, 0.25) is 0 Å². The number of nitrogens with zero attached hydrogens (tertiary/aromatic N) is 2. The van der Waals surface area contributed by atoms with Crippen molar-refractivity contribution in [2.45, 2.75) is 50.4 Å². The summed E-state index contributed by atoms with van der Waals surface area (Å²) in [5, 5.41) is 10.4. The Morgan fingerprint density at radius 2 is 2.12 bits per heavy atom. The number of aliphatic hydroxyl groups excluding tert-OH is 1. The maximum atomic E-state index is 12.3. The van der Waals surface area contributed by atoms with Crippen LogP contribution in [-0.4, -0.2) is 66.8 Å². The Kier molecular flexibility index (Phi) is 6.10. The number of fused-ring (bicyclic) bond motifs is 1. The molecule has 1 saturated heterocycles. The predicted molar refractivity (Wildman–Crippen MR) is 97.4 cm³/mol. The normalized spacial score (nSPS) is 24.8. The van der Waals surface area contributed by atoms with Crippen LogP contribution in [0, 0.1) is 0 Å². The number of likely N-dealkylation sites (tertiary alicyclic amines) is 1. The molecule has 1 aliphatic heterocycles. The van der Waals surface area contributed by atoms with E-state index in [1.165, 1.54) is 11.1 Å². The molecular weight excluding hydrogens is 316 g/mol. The molecule has 0 spiro atoms. The molecule has 1 aromatic rings. The van der Waals surface area contributed by atoms with Gasteiger partial charge in [-0.05, 0) is 49.8 Å². The monoisotopic (exact) mass is 346 g/mol. The fourth-order valence-corrected chi connectivity index (χ4v) is 4.06. The Morgan fingerprint density at radius 1 is 1.32 bits per heavy atom. The van der Waals surface area contributed by atoms with Crippen molar-refractivity contribution >= 4 is 5.91 Å². The van der Waals surface area contributed by atoms with Crippen molar-refractivity contribution in [3.63, 3.8) is 0 Å². The van der Waals surface area contributed by atoms with Gasteiger partial charge in [0.15, 0.2) is 0 Å². The van der Waals surface area contributed by atoms with Crippen molar-refractivity contribution in [1.29, 1.82) is 0 Å². The highest BCUT2D eigenvalue weighted by atomic mass is 16.5. The van der Waals surface area contributed by atoms with Crippen molar-refractivity contribution in [2.75, 3.05) is 33.8 Å². The molecule has 3 rings (SSSR count). The molecule has 5 nitrogen and oxygen atoms in total. The topological polar surface area (TPSA) is 53.0 Å². The lowest BCUT2D eigenvalue weighted by Gasteiger charge is -2.30. The second kappa shape index (κ2) is 8.30. The summed E-state index contributed by atoms with van der Waals surface area (Å²) in [6, 6.07) is 8.34. The van der Waals surface area contributed by atoms with Crippen LogP contribution in [0.5, 0.6) is 0 Å². The van der Waals surface area contributed by atoms with E-state index in [9.17, 15) is 9.90 Å². The quantitative estimate of drug-likeness (QED) is 0.856. The van der Waals surface area contributed by atoms with Gasteiger partial charge in [-0.15, -0.1) is 0 Å². The molecule has 3 unspecified atom stereocenters. The molecular formula is C20H30N2O3. The molecule has 1 amide bonds. The summed E-state index contributed by atoms with van der Waals surface area (Å²) in [5.74, 6) is 0.131. The Labute approximate surface area is 150 Å². The van der Waals surface area contributed by atoms with Gasteiger partial charge in [-0.25, -0.2) is 0 Å². The fourth-order valence-electron chi connectivity index (χ4n) is 4.06. The van der Waals surface area contributed by atoms with Gasteiger partial charge in [0.1, 0.15) is 0 Å². The first-order valence-electron chi connectivity index (χ1n) is 9.39. The Morgan fingerprint density at radius 3 is 2.92 bits per heavy atom. The molecule has 0 bridgehead atoms. The Bertz CT molecular complexity index is 590. The molecule has 5 heteroatoms. The molecule has 1 aromatic carbocycles. The van der Waals surface area contributed by atoms with Crippen LogP contribution in [0.4, 0.5) is 0 Å². The minimum atomic E-state index is -0.565. The third-order valence-electron chi connectivity index (χ3n) is 5.34. The van der Waals surface area contributed by atoms with Crippen molar-refractivity contribution in [3.8, 4) is 0 Å². The number of ether oxygens (including phenoxy) is 1. The second-order valence-electron chi connectivity index (χ2n) is 7.45. The van der Waals surface area contributed by atoms with Gasteiger partial charge in [-0.3, -0.25) is 9.69 Å². The van der Waals surface area contributed by atoms with E-state index in [1.807, 2.05) is 0 Å². The summed E-state index contributed by atoms with van der Waals surface area (Å²) < 4.78 is 6.05. The molecule has 0 radical (unpaired) electrons. The second-order valence-corrected chi connectivity index (χ2v) is 7.45. The molecule has 1 N–H and O–H groups in total. The zero-order chi connectivity index (χ0) is 17.8. The number of β-amino-alcohol motifs (C(OH)–C–C–N with tert-alkyl or cyclic N) is 1. The summed E-state index contributed by atoms with van der Waals surface area (Å²) in [5.41, 5.74) is 2.63. The zero-order valence-corrected chi connectivity index (χ0v) is 15.4. The summed E-state index contributed by atoms with van der Waals surface area (Å²) in [6.07, 6.45) is 4.65. The van der Waals surface area contributed by atoms with E-state index >= 15 is 0 Å². The summed E-state index contributed by atoms with van der Waals surface area (Å²) in [7, 11) is 3.58. The lowest BCUT2D eigenvalue weighted by Crippen LogP contribution is -2.46. The highest BCUT2D eigenvalue weighted by Crippen LogP contribution is 2.32. The first-order chi connectivity index (χ1) is 12.1. The number of hydrogen-bond donors (Lipinski definition) is 1. The van der Waals surface area contributed by atoms with Crippen molar-refractivity contribution < 1.29 is 14.6 Å². The van der Waals surface area contributed by atoms with Crippen molar-refractivity contribution in [1.82, 2.24) is 9.80 Å². The zero-order valence-electron chi connectivity index (χ0n) is 15.4. The first-order valence-corrected chi connectivity index (χ1v) is 9.39. The number of rotatable bonds is 6. The average Bonchev–Trinajstić information content (AvgIpc) is 3.07. The highest BCUT2D eigenvalue weighted by molar-refractivity contribution is 5.81. The van der Waals surface area contributed by atoms with E-state index in [-0.39, 0.29) is 18.1 Å². The summed E-state index contributed by atoms with van der Waals surface area (Å²) in [4.78, 5) is 16.0. The SMILES string of the molecule is CN(C)C(=O)C1CCCN1CC(O)COC1CCCc2ccccc21. The first kappa shape index (κ1) is 18.4. The van der Waals surface area contributed by atoms with E-state index in [4.69, 9.17) is 4.74 Å². The van der Waals surface area contributed by atoms with Gasteiger partial charge in [-0.2, -0.15) is 0 Å². The number of aliphatic hydroxyl groups is 1. The minimum absolute atomic E-state index is 0.0809. The van der Waals surface area contributed by atoms with Gasteiger partial charge in [0.25, 0.3) is 0 Å². The predicted octanol–water partition coefficient (Wildman–Crippen LogP) is 1.99. The molecule has 0 aromatic heterocycles. The van der Waals surface area contributed by atoms with Crippen LogP contribution in [0.15, 0.2) is 24.3 Å². The minimum Gasteiger partial charge on any atom is -0.389 e. The molecule has 1 heterocycles. The Hall–Kier alpha value is -1.43. The van der Waals surface area contributed by atoms with Gasteiger partial charge in [0.05, 0.1) is 24.9 Å². The van der Waals surface area contributed by atoms with Gasteiger partial charge >= 0.3 is 0 Å². The molecule has 3 atom stereocenters. The molecule has 1 fully saturated rings. The van der Waals surface area contributed by atoms with E-state index in [0.717, 1.165) is 38.6 Å². The third kappa shape index (κ3) is 4.40. The number of carbonyl (C=O) groups excluding carboxylic acids is 1. The van der Waals surface area contributed by atoms with E-state index in [1.54, 1.807) is 19.0 Å². The van der Waals surface area contributed by atoms with Crippen LogP contribution < -0.4 is 0 Å². The number of carbonyl (C=O) groups is 1. The molecule has 0 saturated carbocycles. The molecule has 2 aliphatic rings. The van der Waals surface area contributed by atoms with Gasteiger partial charge in [-0.1, -0.05) is 24.3 Å². The molecule has 25 heavy (non-hydrogen) atoms. The fraction of sp³-hybridized carbons (Fsp3) is 0.650.